The molecule has 2 amide bonds. The number of hydrogen-bond donors (Lipinski definition) is 2. The second kappa shape index (κ2) is 8.84. The number of fused-ring (bicyclic) bond motifs is 1. The van der Waals surface area contributed by atoms with Gasteiger partial charge in [0.15, 0.2) is 11.7 Å². The van der Waals surface area contributed by atoms with Crippen LogP contribution in [0.4, 0.5) is 10.8 Å². The Labute approximate surface area is 167 Å². The molecule has 1 atom stereocenters. The van der Waals surface area contributed by atoms with E-state index in [9.17, 15) is 9.59 Å². The maximum Gasteiger partial charge on any atom is 0.264 e. The second-order valence-corrected chi connectivity index (χ2v) is 7.63. The van der Waals surface area contributed by atoms with Crippen molar-refractivity contribution in [2.45, 2.75) is 33.1 Å². The van der Waals surface area contributed by atoms with Crippen LogP contribution < -0.4 is 15.4 Å². The molecule has 0 saturated heterocycles. The molecule has 0 spiro atoms. The second-order valence-electron chi connectivity index (χ2n) is 6.60. The summed E-state index contributed by atoms with van der Waals surface area (Å²) in [5.74, 6) is 0.757. The minimum absolute atomic E-state index is 0.0876. The van der Waals surface area contributed by atoms with Crippen molar-refractivity contribution in [1.82, 2.24) is 4.98 Å². The maximum atomic E-state index is 12.2. The lowest BCUT2D eigenvalue weighted by atomic mass is 9.99. The number of anilines is 2. The largest absolute Gasteiger partial charge is 0.484 e. The van der Waals surface area contributed by atoms with E-state index in [0.717, 1.165) is 16.6 Å². The van der Waals surface area contributed by atoms with Crippen LogP contribution in [0.3, 0.4) is 0 Å². The predicted molar refractivity (Wildman–Crippen MR) is 113 cm³/mol. The highest BCUT2D eigenvalue weighted by atomic mass is 32.1. The van der Waals surface area contributed by atoms with E-state index in [4.69, 9.17) is 4.74 Å². The molecule has 0 aliphatic heterocycles. The Balaban J connectivity index is 1.57. The summed E-state index contributed by atoms with van der Waals surface area (Å²) in [4.78, 5) is 27.7. The standard InChI is InChI=1S/C21H23N3O3S/c1-4-13(2)15-5-8-17(9-6-15)27-12-20(26)24-21-23-18-10-7-16(22-14(3)25)11-19(18)28-21/h5-11,13H,4,12H2,1-3H3,(H,22,25)(H,23,24,26)/t13-/m0/s1. The van der Waals surface area contributed by atoms with Gasteiger partial charge in [-0.3, -0.25) is 14.9 Å². The van der Waals surface area contributed by atoms with Crippen LogP contribution in [0.5, 0.6) is 5.75 Å². The molecule has 0 radical (unpaired) electrons. The minimum atomic E-state index is -0.271. The SMILES string of the molecule is CC[C@H](C)c1ccc(OCC(=O)Nc2nc3ccc(NC(C)=O)cc3s2)cc1. The Kier molecular flexibility index (Phi) is 6.26. The Morgan fingerprint density at radius 3 is 2.57 bits per heavy atom. The smallest absolute Gasteiger partial charge is 0.264 e. The van der Waals surface area contributed by atoms with Gasteiger partial charge < -0.3 is 10.1 Å². The van der Waals surface area contributed by atoms with Gasteiger partial charge in [-0.1, -0.05) is 37.3 Å². The average molecular weight is 398 g/mol. The fraction of sp³-hybridized carbons (Fsp3) is 0.286. The third kappa shape index (κ3) is 5.07. The highest BCUT2D eigenvalue weighted by Gasteiger charge is 2.10. The van der Waals surface area contributed by atoms with E-state index in [-0.39, 0.29) is 18.4 Å². The molecule has 146 valence electrons. The molecule has 2 N–H and O–H groups in total. The van der Waals surface area contributed by atoms with Crippen LogP contribution >= 0.6 is 11.3 Å². The van der Waals surface area contributed by atoms with Gasteiger partial charge in [-0.25, -0.2) is 4.98 Å². The summed E-state index contributed by atoms with van der Waals surface area (Å²) in [5.41, 5.74) is 2.72. The first-order valence-corrected chi connectivity index (χ1v) is 9.97. The summed E-state index contributed by atoms with van der Waals surface area (Å²) < 4.78 is 6.44. The van der Waals surface area contributed by atoms with Crippen LogP contribution in [-0.2, 0) is 9.59 Å². The zero-order valence-electron chi connectivity index (χ0n) is 16.1. The number of rotatable bonds is 7. The van der Waals surface area contributed by atoms with Gasteiger partial charge in [0.1, 0.15) is 5.75 Å². The first-order valence-electron chi connectivity index (χ1n) is 9.15. The molecule has 0 saturated carbocycles. The van der Waals surface area contributed by atoms with Crippen LogP contribution in [0.25, 0.3) is 10.2 Å². The average Bonchev–Trinajstić information content (AvgIpc) is 3.07. The summed E-state index contributed by atoms with van der Waals surface area (Å²) in [7, 11) is 0. The predicted octanol–water partition coefficient (Wildman–Crippen LogP) is 4.79. The van der Waals surface area contributed by atoms with E-state index in [1.165, 1.54) is 23.8 Å². The number of hydrogen-bond acceptors (Lipinski definition) is 5. The minimum Gasteiger partial charge on any atom is -0.484 e. The van der Waals surface area contributed by atoms with Gasteiger partial charge in [0, 0.05) is 12.6 Å². The van der Waals surface area contributed by atoms with E-state index < -0.39 is 0 Å². The molecule has 1 aromatic heterocycles. The number of benzene rings is 2. The molecule has 3 aromatic rings. The van der Waals surface area contributed by atoms with Gasteiger partial charge in [-0.05, 0) is 48.2 Å². The summed E-state index contributed by atoms with van der Waals surface area (Å²) in [6, 6.07) is 13.2. The van der Waals surface area contributed by atoms with Gasteiger partial charge in [-0.2, -0.15) is 0 Å². The van der Waals surface area contributed by atoms with Crippen LogP contribution in [0.15, 0.2) is 42.5 Å². The van der Waals surface area contributed by atoms with Crippen molar-refractivity contribution in [1.29, 1.82) is 0 Å². The quantitative estimate of drug-likeness (QED) is 0.601. The monoisotopic (exact) mass is 397 g/mol. The van der Waals surface area contributed by atoms with Crippen molar-refractivity contribution in [3.05, 3.63) is 48.0 Å². The lowest BCUT2D eigenvalue weighted by Gasteiger charge is -2.10. The van der Waals surface area contributed by atoms with Gasteiger partial charge in [0.25, 0.3) is 5.91 Å². The molecule has 0 unspecified atom stereocenters. The topological polar surface area (TPSA) is 80.3 Å². The van der Waals surface area contributed by atoms with Crippen molar-refractivity contribution in [3.8, 4) is 5.75 Å². The van der Waals surface area contributed by atoms with E-state index in [0.29, 0.717) is 22.5 Å². The molecule has 7 heteroatoms. The molecule has 28 heavy (non-hydrogen) atoms. The first-order chi connectivity index (χ1) is 13.4. The molecule has 0 aliphatic rings. The number of ether oxygens (including phenoxy) is 1. The third-order valence-corrected chi connectivity index (χ3v) is 5.32. The number of nitrogens with zero attached hydrogens (tertiary/aromatic N) is 1. The fourth-order valence-corrected chi connectivity index (χ4v) is 3.61. The summed E-state index contributed by atoms with van der Waals surface area (Å²) in [5, 5.41) is 5.99. The van der Waals surface area contributed by atoms with Crippen molar-refractivity contribution in [3.63, 3.8) is 0 Å². The van der Waals surface area contributed by atoms with Crippen molar-refractivity contribution in [2.75, 3.05) is 17.2 Å². The lowest BCUT2D eigenvalue weighted by Crippen LogP contribution is -2.20. The molecule has 0 bridgehead atoms. The summed E-state index contributed by atoms with van der Waals surface area (Å²) >= 11 is 1.35. The molecular formula is C21H23N3O3S. The van der Waals surface area contributed by atoms with Gasteiger partial charge >= 0.3 is 0 Å². The number of aromatic nitrogens is 1. The van der Waals surface area contributed by atoms with Crippen LogP contribution in [0.2, 0.25) is 0 Å². The van der Waals surface area contributed by atoms with Gasteiger partial charge in [0.05, 0.1) is 10.2 Å². The Morgan fingerprint density at radius 1 is 1.14 bits per heavy atom. The lowest BCUT2D eigenvalue weighted by molar-refractivity contribution is -0.118. The van der Waals surface area contributed by atoms with E-state index >= 15 is 0 Å². The molecule has 3 rings (SSSR count). The highest BCUT2D eigenvalue weighted by Crippen LogP contribution is 2.28. The van der Waals surface area contributed by atoms with Crippen LogP contribution in [0, 0.1) is 0 Å². The van der Waals surface area contributed by atoms with Crippen molar-refractivity contribution < 1.29 is 14.3 Å². The summed E-state index contributed by atoms with van der Waals surface area (Å²) in [6.07, 6.45) is 1.08. The highest BCUT2D eigenvalue weighted by molar-refractivity contribution is 7.22. The Morgan fingerprint density at radius 2 is 1.89 bits per heavy atom. The number of nitrogens with one attached hydrogen (secondary N) is 2. The third-order valence-electron chi connectivity index (χ3n) is 4.39. The number of amides is 2. The number of carbonyl (C=O) groups is 2. The molecular weight excluding hydrogens is 374 g/mol. The number of carbonyl (C=O) groups excluding carboxylic acids is 2. The Hall–Kier alpha value is -2.93. The molecule has 1 heterocycles. The van der Waals surface area contributed by atoms with Gasteiger partial charge in [-0.15, -0.1) is 0 Å². The first kappa shape index (κ1) is 19.8. The van der Waals surface area contributed by atoms with Crippen LogP contribution in [-0.4, -0.2) is 23.4 Å². The normalized spacial score (nSPS) is 11.8. The molecule has 2 aromatic carbocycles. The zero-order valence-corrected chi connectivity index (χ0v) is 16.9. The molecule has 0 aliphatic carbocycles. The maximum absolute atomic E-state index is 12.2. The Bertz CT molecular complexity index is 982. The van der Waals surface area contributed by atoms with Crippen molar-refractivity contribution >= 4 is 44.2 Å². The fourth-order valence-electron chi connectivity index (χ4n) is 2.69. The van der Waals surface area contributed by atoms with E-state index in [1.807, 2.05) is 36.4 Å². The summed E-state index contributed by atoms with van der Waals surface area (Å²) in [6.45, 7) is 5.71. The van der Waals surface area contributed by atoms with Gasteiger partial charge in [0.2, 0.25) is 5.91 Å². The molecule has 0 fully saturated rings. The van der Waals surface area contributed by atoms with E-state index in [1.54, 1.807) is 6.07 Å². The molecule has 6 nitrogen and oxygen atoms in total. The van der Waals surface area contributed by atoms with E-state index in [2.05, 4.69) is 29.5 Å². The van der Waals surface area contributed by atoms with Crippen molar-refractivity contribution in [2.24, 2.45) is 0 Å². The zero-order chi connectivity index (χ0) is 20.1. The number of thiazole rings is 1. The van der Waals surface area contributed by atoms with Crippen LogP contribution in [0.1, 0.15) is 38.7 Å².